The lowest BCUT2D eigenvalue weighted by atomic mass is 10.2. The van der Waals surface area contributed by atoms with Gasteiger partial charge < -0.3 is 9.15 Å². The van der Waals surface area contributed by atoms with E-state index in [1.54, 1.807) is 0 Å². The van der Waals surface area contributed by atoms with E-state index in [0.717, 1.165) is 13.2 Å². The van der Waals surface area contributed by atoms with Gasteiger partial charge in [0.25, 0.3) is 16.4 Å². The van der Waals surface area contributed by atoms with Gasteiger partial charge in [-0.05, 0) is 30.4 Å². The van der Waals surface area contributed by atoms with Crippen molar-refractivity contribution in [1.82, 2.24) is 4.72 Å². The second-order valence-corrected chi connectivity index (χ2v) is 6.55. The van der Waals surface area contributed by atoms with Crippen molar-refractivity contribution in [2.75, 3.05) is 7.11 Å². The molecule has 0 aromatic carbocycles. The molecule has 6 nitrogen and oxygen atoms in total. The molecule has 0 saturated heterocycles. The Balaban J connectivity index is 2.25. The van der Waals surface area contributed by atoms with Crippen LogP contribution in [0.4, 0.5) is 8.78 Å². The zero-order valence-corrected chi connectivity index (χ0v) is 12.4. The number of carbonyl (C=O) groups is 1. The first kappa shape index (κ1) is 16.2. The van der Waals surface area contributed by atoms with Crippen molar-refractivity contribution >= 4 is 27.6 Å². The first-order valence-electron chi connectivity index (χ1n) is 5.94. The Morgan fingerprint density at radius 1 is 1.52 bits per heavy atom. The zero-order valence-electron chi connectivity index (χ0n) is 10.8. The highest BCUT2D eigenvalue weighted by Gasteiger charge is 2.41. The largest absolute Gasteiger partial charge is 0.465 e. The average Bonchev–Trinajstić information content (AvgIpc) is 3.17. The third kappa shape index (κ3) is 3.53. The Morgan fingerprint density at radius 2 is 2.14 bits per heavy atom. The van der Waals surface area contributed by atoms with Crippen LogP contribution in [-0.2, 0) is 14.8 Å². The van der Waals surface area contributed by atoms with Gasteiger partial charge in [0.05, 0.1) is 13.2 Å². The molecule has 21 heavy (non-hydrogen) atoms. The normalized spacial score (nSPS) is 17.0. The number of furan rings is 1. The Labute approximate surface area is 124 Å². The van der Waals surface area contributed by atoms with Gasteiger partial charge in [0.15, 0.2) is 0 Å². The molecule has 1 N–H and O–H groups in total. The third-order valence-corrected chi connectivity index (χ3v) is 4.62. The quantitative estimate of drug-likeness (QED) is 0.799. The molecule has 0 amide bonds. The van der Waals surface area contributed by atoms with Crippen molar-refractivity contribution in [3.05, 3.63) is 16.8 Å². The number of sulfonamides is 1. The maximum absolute atomic E-state index is 12.8. The third-order valence-electron chi connectivity index (χ3n) is 3.03. The van der Waals surface area contributed by atoms with Crippen LogP contribution in [0.25, 0.3) is 0 Å². The molecule has 0 radical (unpaired) electrons. The second kappa shape index (κ2) is 5.90. The van der Waals surface area contributed by atoms with Crippen LogP contribution in [0.1, 0.15) is 23.2 Å². The summed E-state index contributed by atoms with van der Waals surface area (Å²) in [4.78, 5) is 11.3. The maximum Gasteiger partial charge on any atom is 0.342 e. The number of rotatable bonds is 6. The highest BCUT2D eigenvalue weighted by Crippen LogP contribution is 2.36. The van der Waals surface area contributed by atoms with Gasteiger partial charge >= 0.3 is 5.97 Å². The van der Waals surface area contributed by atoms with E-state index in [1.165, 1.54) is 0 Å². The summed E-state index contributed by atoms with van der Waals surface area (Å²) in [6, 6.07) is -0.646. The summed E-state index contributed by atoms with van der Waals surface area (Å²) in [5.74, 6) is -1.29. The van der Waals surface area contributed by atoms with Gasteiger partial charge in [-0.25, -0.2) is 22.0 Å². The van der Waals surface area contributed by atoms with Crippen LogP contribution in [0.3, 0.4) is 0 Å². The predicted octanol–water partition coefficient (Wildman–Crippen LogP) is 2.04. The van der Waals surface area contributed by atoms with Gasteiger partial charge in [-0.3, -0.25) is 0 Å². The van der Waals surface area contributed by atoms with Crippen molar-refractivity contribution in [3.8, 4) is 0 Å². The van der Waals surface area contributed by atoms with Gasteiger partial charge in [-0.15, -0.1) is 0 Å². The SMILES string of the molecule is COC(=O)c1cc(S(=O)(=O)N[C@@H](C(F)F)C2CC2)oc1Cl. The van der Waals surface area contributed by atoms with E-state index >= 15 is 0 Å². The standard InChI is InChI=1S/C11H12ClF2NO5S/c1-19-11(16)6-4-7(20-9(6)12)21(17,18)15-8(10(13)14)5-2-3-5/h4-5,8,10,15H,2-3H2,1H3/t8-/m1/s1. The molecule has 1 aromatic heterocycles. The topological polar surface area (TPSA) is 85.6 Å². The number of halogens is 3. The monoisotopic (exact) mass is 343 g/mol. The molecule has 1 aliphatic carbocycles. The Bertz CT molecular complexity index is 639. The van der Waals surface area contributed by atoms with E-state index in [9.17, 15) is 22.0 Å². The molecule has 1 aromatic rings. The van der Waals surface area contributed by atoms with E-state index < -0.39 is 44.7 Å². The minimum atomic E-state index is -4.34. The zero-order chi connectivity index (χ0) is 15.8. The summed E-state index contributed by atoms with van der Waals surface area (Å²) in [6.07, 6.45) is -1.77. The fourth-order valence-electron chi connectivity index (χ4n) is 1.77. The number of nitrogens with one attached hydrogen (secondary N) is 1. The number of alkyl halides is 2. The highest BCUT2D eigenvalue weighted by molar-refractivity contribution is 7.89. The van der Waals surface area contributed by atoms with Crippen molar-refractivity contribution in [1.29, 1.82) is 0 Å². The highest BCUT2D eigenvalue weighted by atomic mass is 35.5. The number of hydrogen-bond acceptors (Lipinski definition) is 5. The molecule has 0 unspecified atom stereocenters. The number of carbonyl (C=O) groups excluding carboxylic acids is 1. The first-order chi connectivity index (χ1) is 9.76. The Kier molecular flexibility index (Phi) is 4.54. The molecule has 1 atom stereocenters. The van der Waals surface area contributed by atoms with Gasteiger partial charge in [-0.2, -0.15) is 4.72 Å². The Hall–Kier alpha value is -1.19. The molecule has 0 bridgehead atoms. The van der Waals surface area contributed by atoms with Crippen molar-refractivity contribution in [2.24, 2.45) is 5.92 Å². The van der Waals surface area contributed by atoms with Gasteiger partial charge in [-0.1, -0.05) is 0 Å². The molecular formula is C11H12ClF2NO5S. The summed E-state index contributed by atoms with van der Waals surface area (Å²) >= 11 is 5.59. The van der Waals surface area contributed by atoms with Crippen LogP contribution in [-0.4, -0.2) is 34.0 Å². The maximum atomic E-state index is 12.8. The van der Waals surface area contributed by atoms with Crippen molar-refractivity contribution < 1.29 is 31.1 Å². The average molecular weight is 344 g/mol. The molecule has 1 aliphatic rings. The van der Waals surface area contributed by atoms with Gasteiger partial charge in [0, 0.05) is 6.07 Å². The van der Waals surface area contributed by atoms with Gasteiger partial charge in [0.2, 0.25) is 10.3 Å². The van der Waals surface area contributed by atoms with Crippen LogP contribution >= 0.6 is 11.6 Å². The van der Waals surface area contributed by atoms with Gasteiger partial charge in [0.1, 0.15) is 5.56 Å². The molecule has 0 aliphatic heterocycles. The molecule has 1 heterocycles. The summed E-state index contributed by atoms with van der Waals surface area (Å²) < 4.78 is 60.7. The van der Waals surface area contributed by atoms with E-state index in [2.05, 4.69) is 4.74 Å². The molecule has 0 spiro atoms. The lowest BCUT2D eigenvalue weighted by molar-refractivity contribution is 0.0600. The number of hydrogen-bond donors (Lipinski definition) is 1. The van der Waals surface area contributed by atoms with E-state index in [4.69, 9.17) is 16.0 Å². The summed E-state index contributed by atoms with van der Waals surface area (Å²) in [6.45, 7) is 0. The minimum Gasteiger partial charge on any atom is -0.465 e. The summed E-state index contributed by atoms with van der Waals surface area (Å²) in [7, 11) is -3.26. The number of methoxy groups -OCH3 is 1. The fraction of sp³-hybridized carbons (Fsp3) is 0.545. The smallest absolute Gasteiger partial charge is 0.342 e. The van der Waals surface area contributed by atoms with E-state index in [-0.39, 0.29) is 5.56 Å². The lowest BCUT2D eigenvalue weighted by Gasteiger charge is -2.15. The van der Waals surface area contributed by atoms with E-state index in [1.807, 2.05) is 4.72 Å². The molecule has 118 valence electrons. The minimum absolute atomic E-state index is 0.292. The first-order valence-corrected chi connectivity index (χ1v) is 7.80. The fourth-order valence-corrected chi connectivity index (χ4v) is 3.27. The summed E-state index contributed by atoms with van der Waals surface area (Å²) in [5, 5.41) is -1.19. The van der Waals surface area contributed by atoms with Crippen molar-refractivity contribution in [3.63, 3.8) is 0 Å². The summed E-state index contributed by atoms with van der Waals surface area (Å²) in [5.41, 5.74) is -0.292. The van der Waals surface area contributed by atoms with Crippen LogP contribution < -0.4 is 4.72 Å². The van der Waals surface area contributed by atoms with Crippen LogP contribution in [0.5, 0.6) is 0 Å². The lowest BCUT2D eigenvalue weighted by Crippen LogP contribution is -2.41. The second-order valence-electron chi connectivity index (χ2n) is 4.56. The van der Waals surface area contributed by atoms with Crippen LogP contribution in [0.15, 0.2) is 15.6 Å². The molecule has 1 fully saturated rings. The Morgan fingerprint density at radius 3 is 2.62 bits per heavy atom. The van der Waals surface area contributed by atoms with Crippen molar-refractivity contribution in [2.45, 2.75) is 30.4 Å². The van der Waals surface area contributed by atoms with Crippen LogP contribution in [0.2, 0.25) is 5.22 Å². The van der Waals surface area contributed by atoms with E-state index in [0.29, 0.717) is 12.8 Å². The molecule has 1 saturated carbocycles. The predicted molar refractivity (Wildman–Crippen MR) is 67.9 cm³/mol. The molecule has 10 heteroatoms. The number of esters is 1. The molecule has 2 rings (SSSR count). The van der Waals surface area contributed by atoms with Crippen LogP contribution in [0, 0.1) is 5.92 Å². The number of ether oxygens (including phenoxy) is 1. The molecular weight excluding hydrogens is 332 g/mol.